The maximum absolute atomic E-state index is 12.3. The van der Waals surface area contributed by atoms with Crippen molar-refractivity contribution in [3.05, 3.63) is 12.5 Å². The Morgan fingerprint density at radius 2 is 2.29 bits per heavy atom. The number of hydrogen-bond acceptors (Lipinski definition) is 4. The third-order valence-electron chi connectivity index (χ3n) is 2.86. The molecule has 0 amide bonds. The zero-order chi connectivity index (χ0) is 12.5. The Kier molecular flexibility index (Phi) is 3.17. The Hall–Kier alpha value is -1.39. The molecule has 2 heterocycles. The van der Waals surface area contributed by atoms with Crippen molar-refractivity contribution >= 4 is 10.0 Å². The van der Waals surface area contributed by atoms with Crippen LogP contribution in [-0.4, -0.2) is 34.9 Å². The van der Waals surface area contributed by atoms with Crippen molar-refractivity contribution in [2.45, 2.75) is 30.3 Å². The first-order chi connectivity index (χ1) is 8.05. The minimum absolute atomic E-state index is 0.0159. The number of imidazole rings is 1. The smallest absolute Gasteiger partial charge is 0.263 e. The van der Waals surface area contributed by atoms with Gasteiger partial charge in [0.25, 0.3) is 10.0 Å². The first-order valence-corrected chi connectivity index (χ1v) is 6.89. The van der Waals surface area contributed by atoms with E-state index in [2.05, 4.69) is 4.98 Å². The minimum Gasteiger partial charge on any atom is -0.339 e. The van der Waals surface area contributed by atoms with Crippen LogP contribution in [0.3, 0.4) is 0 Å². The normalized spacial score (nSPS) is 22.2. The van der Waals surface area contributed by atoms with Gasteiger partial charge in [0, 0.05) is 19.8 Å². The minimum atomic E-state index is -3.62. The summed E-state index contributed by atoms with van der Waals surface area (Å²) >= 11 is 0. The van der Waals surface area contributed by atoms with E-state index in [9.17, 15) is 8.42 Å². The van der Waals surface area contributed by atoms with Crippen molar-refractivity contribution in [1.82, 2.24) is 13.9 Å². The molecule has 0 radical (unpaired) electrons. The van der Waals surface area contributed by atoms with E-state index >= 15 is 0 Å². The Bertz CT molecular complexity index is 543. The number of hydrogen-bond donors (Lipinski definition) is 0. The molecular weight excluding hydrogens is 240 g/mol. The fourth-order valence-electron chi connectivity index (χ4n) is 1.96. The number of piperidine rings is 1. The van der Waals surface area contributed by atoms with Gasteiger partial charge >= 0.3 is 0 Å². The average molecular weight is 254 g/mol. The Morgan fingerprint density at radius 3 is 2.88 bits per heavy atom. The van der Waals surface area contributed by atoms with Crippen LogP contribution < -0.4 is 0 Å². The molecule has 1 fully saturated rings. The van der Waals surface area contributed by atoms with E-state index < -0.39 is 16.1 Å². The molecule has 1 unspecified atom stereocenters. The molecule has 1 aromatic heterocycles. The summed E-state index contributed by atoms with van der Waals surface area (Å²) in [5, 5.41) is 9.01. The number of rotatable bonds is 2. The van der Waals surface area contributed by atoms with Gasteiger partial charge in [-0.1, -0.05) is 0 Å². The lowest BCUT2D eigenvalue weighted by atomic mass is 10.1. The fourth-order valence-corrected chi connectivity index (χ4v) is 3.54. The summed E-state index contributed by atoms with van der Waals surface area (Å²) in [6, 6.07) is 1.49. The zero-order valence-corrected chi connectivity index (χ0v) is 10.4. The van der Waals surface area contributed by atoms with E-state index in [1.807, 2.05) is 6.07 Å². The first-order valence-electron chi connectivity index (χ1n) is 5.45. The third-order valence-corrected chi connectivity index (χ3v) is 4.65. The lowest BCUT2D eigenvalue weighted by Gasteiger charge is -2.29. The molecule has 0 N–H and O–H groups in total. The molecule has 0 bridgehead atoms. The van der Waals surface area contributed by atoms with Gasteiger partial charge in [-0.25, -0.2) is 13.4 Å². The first kappa shape index (κ1) is 12.1. The molecule has 6 nitrogen and oxygen atoms in total. The van der Waals surface area contributed by atoms with Crippen LogP contribution in [0.25, 0.3) is 0 Å². The van der Waals surface area contributed by atoms with Crippen molar-refractivity contribution in [1.29, 1.82) is 5.26 Å². The van der Waals surface area contributed by atoms with Gasteiger partial charge in [-0.2, -0.15) is 9.57 Å². The molecular formula is C10H14N4O2S. The van der Waals surface area contributed by atoms with Crippen LogP contribution in [0, 0.1) is 11.3 Å². The van der Waals surface area contributed by atoms with E-state index in [0.717, 1.165) is 12.8 Å². The summed E-state index contributed by atoms with van der Waals surface area (Å²) in [6.45, 7) is 0.400. The van der Waals surface area contributed by atoms with E-state index in [4.69, 9.17) is 5.26 Å². The largest absolute Gasteiger partial charge is 0.339 e. The van der Waals surface area contributed by atoms with Crippen LogP contribution in [-0.2, 0) is 17.1 Å². The van der Waals surface area contributed by atoms with Crippen LogP contribution >= 0.6 is 0 Å². The quantitative estimate of drug-likeness (QED) is 0.769. The van der Waals surface area contributed by atoms with E-state index in [0.29, 0.717) is 13.0 Å². The highest BCUT2D eigenvalue weighted by Gasteiger charge is 2.34. The predicted octanol–water partition coefficient (Wildman–Crippen LogP) is 0.487. The second-order valence-corrected chi connectivity index (χ2v) is 5.97. The monoisotopic (exact) mass is 254 g/mol. The van der Waals surface area contributed by atoms with Gasteiger partial charge in [-0.15, -0.1) is 0 Å². The molecule has 0 saturated carbocycles. The molecule has 2 rings (SSSR count). The van der Waals surface area contributed by atoms with Crippen LogP contribution in [0.5, 0.6) is 0 Å². The summed E-state index contributed by atoms with van der Waals surface area (Å²) in [5.74, 6) is 0. The van der Waals surface area contributed by atoms with Crippen LogP contribution in [0.15, 0.2) is 17.6 Å². The number of aromatic nitrogens is 2. The van der Waals surface area contributed by atoms with Crippen molar-refractivity contribution in [3.63, 3.8) is 0 Å². The number of sulfonamides is 1. The number of aryl methyl sites for hydroxylation is 1. The summed E-state index contributed by atoms with van der Waals surface area (Å²) in [4.78, 5) is 3.86. The zero-order valence-electron chi connectivity index (χ0n) is 9.57. The molecule has 0 spiro atoms. The standard InChI is InChI=1S/C10H14N4O2S/c1-13-7-10(12-8-13)17(15,16)14-5-3-2-4-9(14)6-11/h7-9H,2-5H2,1H3. The maximum Gasteiger partial charge on any atom is 0.263 e. The Balaban J connectivity index is 2.35. The van der Waals surface area contributed by atoms with Crippen molar-refractivity contribution < 1.29 is 8.42 Å². The lowest BCUT2D eigenvalue weighted by molar-refractivity contribution is 0.296. The van der Waals surface area contributed by atoms with E-state index in [-0.39, 0.29) is 5.03 Å². The SMILES string of the molecule is Cn1cnc(S(=O)(=O)N2CCCCC2C#N)c1. The summed E-state index contributed by atoms with van der Waals surface area (Å²) in [6.07, 6.45) is 5.19. The van der Waals surface area contributed by atoms with Crippen molar-refractivity contribution in [3.8, 4) is 6.07 Å². The molecule has 92 valence electrons. The third kappa shape index (κ3) is 2.18. The van der Waals surface area contributed by atoms with Gasteiger partial charge in [0.05, 0.1) is 12.4 Å². The molecule has 1 saturated heterocycles. The highest BCUT2D eigenvalue weighted by atomic mass is 32.2. The molecule has 0 aromatic carbocycles. The average Bonchev–Trinajstić information content (AvgIpc) is 2.76. The number of nitriles is 1. The van der Waals surface area contributed by atoms with Crippen molar-refractivity contribution in [2.24, 2.45) is 7.05 Å². The van der Waals surface area contributed by atoms with Gasteiger partial charge in [0.2, 0.25) is 0 Å². The second-order valence-electron chi connectivity index (χ2n) is 4.13. The van der Waals surface area contributed by atoms with Gasteiger partial charge < -0.3 is 4.57 Å². The molecule has 0 aliphatic carbocycles. The summed E-state index contributed by atoms with van der Waals surface area (Å²) < 4.78 is 27.4. The topological polar surface area (TPSA) is 79.0 Å². The highest BCUT2D eigenvalue weighted by molar-refractivity contribution is 7.89. The molecule has 17 heavy (non-hydrogen) atoms. The van der Waals surface area contributed by atoms with Crippen LogP contribution in [0.1, 0.15) is 19.3 Å². The van der Waals surface area contributed by atoms with E-state index in [1.54, 1.807) is 11.6 Å². The highest BCUT2D eigenvalue weighted by Crippen LogP contribution is 2.23. The summed E-state index contributed by atoms with van der Waals surface area (Å²) in [7, 11) is -1.91. The van der Waals surface area contributed by atoms with Gasteiger partial charge in [0.1, 0.15) is 6.04 Å². The van der Waals surface area contributed by atoms with Gasteiger partial charge in [-0.05, 0) is 19.3 Å². The van der Waals surface area contributed by atoms with Crippen molar-refractivity contribution in [2.75, 3.05) is 6.54 Å². The van der Waals surface area contributed by atoms with Gasteiger partial charge in [-0.3, -0.25) is 0 Å². The van der Waals surface area contributed by atoms with Gasteiger partial charge in [0.15, 0.2) is 5.03 Å². The molecule has 1 aliphatic rings. The predicted molar refractivity (Wildman–Crippen MR) is 60.4 cm³/mol. The molecule has 1 aromatic rings. The fraction of sp³-hybridized carbons (Fsp3) is 0.600. The summed E-state index contributed by atoms with van der Waals surface area (Å²) in [5.41, 5.74) is 0. The van der Waals surface area contributed by atoms with Crippen LogP contribution in [0.2, 0.25) is 0 Å². The molecule has 1 atom stereocenters. The molecule has 1 aliphatic heterocycles. The second kappa shape index (κ2) is 4.47. The number of nitrogens with zero attached hydrogens (tertiary/aromatic N) is 4. The van der Waals surface area contributed by atoms with Crippen LogP contribution in [0.4, 0.5) is 0 Å². The van der Waals surface area contributed by atoms with E-state index in [1.165, 1.54) is 16.8 Å². The Labute approximate surface area is 101 Å². The molecule has 7 heteroatoms. The Morgan fingerprint density at radius 1 is 1.53 bits per heavy atom. The lowest BCUT2D eigenvalue weighted by Crippen LogP contribution is -2.42. The maximum atomic E-state index is 12.3.